The molecule has 0 aromatic heterocycles. The van der Waals surface area contributed by atoms with E-state index in [0.29, 0.717) is 19.4 Å². The number of carbonyl (C=O) groups excluding carboxylic acids is 2. The highest BCUT2D eigenvalue weighted by Crippen LogP contribution is 2.14. The zero-order valence-corrected chi connectivity index (χ0v) is 36.2. The van der Waals surface area contributed by atoms with Crippen molar-refractivity contribution in [3.63, 3.8) is 0 Å². The minimum atomic E-state index is -0.532. The molecule has 0 heterocycles. The molecule has 5 nitrogen and oxygen atoms in total. The summed E-state index contributed by atoms with van der Waals surface area (Å²) in [5.41, 5.74) is 0. The number of esters is 2. The Morgan fingerprint density at radius 2 is 0.778 bits per heavy atom. The Bertz CT molecular complexity index is 862. The fourth-order valence-electron chi connectivity index (χ4n) is 6.59. The van der Waals surface area contributed by atoms with Crippen LogP contribution in [0.2, 0.25) is 0 Å². The van der Waals surface area contributed by atoms with Gasteiger partial charge in [0.1, 0.15) is 6.61 Å². The van der Waals surface area contributed by atoms with Crippen LogP contribution in [0.1, 0.15) is 239 Å². The molecule has 0 aliphatic rings. The van der Waals surface area contributed by atoms with E-state index < -0.39 is 6.10 Å². The third kappa shape index (κ3) is 42.9. The number of allylic oxidation sites excluding steroid dienone is 6. The van der Waals surface area contributed by atoms with E-state index in [4.69, 9.17) is 14.2 Å². The van der Waals surface area contributed by atoms with E-state index >= 15 is 0 Å². The van der Waals surface area contributed by atoms with Gasteiger partial charge in [0, 0.05) is 19.4 Å². The maximum Gasteiger partial charge on any atom is 0.306 e. The highest BCUT2D eigenvalue weighted by atomic mass is 16.6. The van der Waals surface area contributed by atoms with Crippen molar-refractivity contribution >= 4 is 11.9 Å². The van der Waals surface area contributed by atoms with E-state index in [2.05, 4.69) is 57.2 Å². The SMILES string of the molecule is CCCCC/C=C\C/C=C\CCCCCCCCCCCCOCC(COC(=O)CCCCCCC/C=C\CCCCCC)OC(=O)CCCCCCC. The molecule has 0 radical (unpaired) electrons. The molecule has 0 saturated carbocycles. The minimum Gasteiger partial charge on any atom is -0.462 e. The van der Waals surface area contributed by atoms with Gasteiger partial charge in [-0.3, -0.25) is 9.59 Å². The van der Waals surface area contributed by atoms with Crippen molar-refractivity contribution in [1.29, 1.82) is 0 Å². The van der Waals surface area contributed by atoms with E-state index in [1.807, 2.05) is 0 Å². The van der Waals surface area contributed by atoms with Crippen LogP contribution >= 0.6 is 0 Å². The molecular formula is C49H90O5. The Morgan fingerprint density at radius 1 is 0.407 bits per heavy atom. The number of hydrogen-bond acceptors (Lipinski definition) is 5. The van der Waals surface area contributed by atoms with Crippen LogP contribution in [0.25, 0.3) is 0 Å². The summed E-state index contributed by atoms with van der Waals surface area (Å²) in [5, 5.41) is 0. The Hall–Kier alpha value is -1.88. The summed E-state index contributed by atoms with van der Waals surface area (Å²) in [5.74, 6) is -0.415. The first-order valence-corrected chi connectivity index (χ1v) is 23.5. The van der Waals surface area contributed by atoms with E-state index in [0.717, 1.165) is 64.2 Å². The van der Waals surface area contributed by atoms with E-state index in [-0.39, 0.29) is 25.2 Å². The molecule has 316 valence electrons. The zero-order chi connectivity index (χ0) is 39.3. The van der Waals surface area contributed by atoms with Gasteiger partial charge in [-0.05, 0) is 77.0 Å². The maximum atomic E-state index is 12.5. The molecule has 1 atom stereocenters. The molecule has 0 bridgehead atoms. The topological polar surface area (TPSA) is 61.8 Å². The van der Waals surface area contributed by atoms with Gasteiger partial charge >= 0.3 is 11.9 Å². The molecule has 0 aromatic rings. The highest BCUT2D eigenvalue weighted by molar-refractivity contribution is 5.70. The number of unbranched alkanes of at least 4 members (excludes halogenated alkanes) is 26. The molecule has 0 aliphatic heterocycles. The molecule has 54 heavy (non-hydrogen) atoms. The average Bonchev–Trinajstić information content (AvgIpc) is 3.17. The highest BCUT2D eigenvalue weighted by Gasteiger charge is 2.17. The number of rotatable bonds is 43. The van der Waals surface area contributed by atoms with Crippen molar-refractivity contribution in [3.05, 3.63) is 36.5 Å². The van der Waals surface area contributed by atoms with Crippen LogP contribution in [0.5, 0.6) is 0 Å². The van der Waals surface area contributed by atoms with Crippen LogP contribution in [0, 0.1) is 0 Å². The van der Waals surface area contributed by atoms with Gasteiger partial charge in [0.25, 0.3) is 0 Å². The lowest BCUT2D eigenvalue weighted by atomic mass is 10.1. The van der Waals surface area contributed by atoms with Gasteiger partial charge in [-0.2, -0.15) is 0 Å². The molecule has 1 unspecified atom stereocenters. The second-order valence-electron chi connectivity index (χ2n) is 15.7. The molecule has 0 aromatic carbocycles. The molecular weight excluding hydrogens is 669 g/mol. The summed E-state index contributed by atoms with van der Waals surface area (Å²) in [6.45, 7) is 7.72. The smallest absolute Gasteiger partial charge is 0.306 e. The van der Waals surface area contributed by atoms with Crippen LogP contribution in [0.3, 0.4) is 0 Å². The third-order valence-electron chi connectivity index (χ3n) is 10.1. The Balaban J connectivity index is 4.01. The molecule has 0 spiro atoms. The van der Waals surface area contributed by atoms with E-state index in [9.17, 15) is 9.59 Å². The summed E-state index contributed by atoms with van der Waals surface area (Å²) in [6, 6.07) is 0. The standard InChI is InChI=1S/C49H90O5/c1-4-7-10-13-15-17-19-21-22-23-24-25-26-27-29-31-33-35-38-41-44-52-45-47(54-49(51)43-40-36-12-9-6-3)46-53-48(50)42-39-37-34-32-30-28-20-18-16-14-11-8-5-2/h15,17-18,20-22,47H,4-14,16,19,23-46H2,1-3H3/b17-15-,20-18-,22-21-. The minimum absolute atomic E-state index is 0.0821. The molecule has 5 heteroatoms. The van der Waals surface area contributed by atoms with Crippen molar-refractivity contribution in [3.8, 4) is 0 Å². The quantitative estimate of drug-likeness (QED) is 0.0352. The summed E-state index contributed by atoms with van der Waals surface area (Å²) >= 11 is 0. The van der Waals surface area contributed by atoms with E-state index in [1.165, 1.54) is 141 Å². The monoisotopic (exact) mass is 759 g/mol. The Kier molecular flexibility index (Phi) is 43.9. The van der Waals surface area contributed by atoms with Crippen LogP contribution < -0.4 is 0 Å². The average molecular weight is 759 g/mol. The Labute approximate surface area is 336 Å². The summed E-state index contributed by atoms with van der Waals surface area (Å²) in [6.07, 6.45) is 53.2. The van der Waals surface area contributed by atoms with Crippen LogP contribution in [0.4, 0.5) is 0 Å². The first-order chi connectivity index (χ1) is 26.6. The van der Waals surface area contributed by atoms with Gasteiger partial charge in [-0.15, -0.1) is 0 Å². The predicted molar refractivity (Wildman–Crippen MR) is 233 cm³/mol. The number of hydrogen-bond donors (Lipinski definition) is 0. The van der Waals surface area contributed by atoms with Crippen molar-refractivity contribution in [2.75, 3.05) is 19.8 Å². The first-order valence-electron chi connectivity index (χ1n) is 23.5. The lowest BCUT2D eigenvalue weighted by molar-refractivity contribution is -0.163. The molecule has 0 amide bonds. The maximum absolute atomic E-state index is 12.5. The summed E-state index contributed by atoms with van der Waals surface area (Å²) in [7, 11) is 0. The van der Waals surface area contributed by atoms with Crippen LogP contribution in [0.15, 0.2) is 36.5 Å². The van der Waals surface area contributed by atoms with Gasteiger partial charge in [-0.25, -0.2) is 0 Å². The number of carbonyl (C=O) groups is 2. The predicted octanol–water partition coefficient (Wildman–Crippen LogP) is 15.4. The third-order valence-corrected chi connectivity index (χ3v) is 10.1. The zero-order valence-electron chi connectivity index (χ0n) is 36.2. The van der Waals surface area contributed by atoms with Crippen molar-refractivity contribution < 1.29 is 23.8 Å². The molecule has 0 rings (SSSR count). The molecule has 0 N–H and O–H groups in total. The molecule has 0 fully saturated rings. The molecule has 0 saturated heterocycles. The largest absolute Gasteiger partial charge is 0.462 e. The normalized spacial score (nSPS) is 12.4. The summed E-state index contributed by atoms with van der Waals surface area (Å²) in [4.78, 5) is 25.0. The lowest BCUT2D eigenvalue weighted by Gasteiger charge is -2.18. The molecule has 0 aliphatic carbocycles. The van der Waals surface area contributed by atoms with Crippen molar-refractivity contribution in [1.82, 2.24) is 0 Å². The van der Waals surface area contributed by atoms with Gasteiger partial charge in [-0.1, -0.05) is 186 Å². The second kappa shape index (κ2) is 45.5. The van der Waals surface area contributed by atoms with Gasteiger partial charge < -0.3 is 14.2 Å². The summed E-state index contributed by atoms with van der Waals surface area (Å²) < 4.78 is 17.2. The van der Waals surface area contributed by atoms with Crippen molar-refractivity contribution in [2.45, 2.75) is 245 Å². The Morgan fingerprint density at radius 3 is 1.30 bits per heavy atom. The first kappa shape index (κ1) is 52.1. The fraction of sp³-hybridized carbons (Fsp3) is 0.837. The lowest BCUT2D eigenvalue weighted by Crippen LogP contribution is -2.30. The van der Waals surface area contributed by atoms with Gasteiger partial charge in [0.2, 0.25) is 0 Å². The van der Waals surface area contributed by atoms with E-state index in [1.54, 1.807) is 0 Å². The number of ether oxygens (including phenoxy) is 3. The van der Waals surface area contributed by atoms with Crippen LogP contribution in [-0.4, -0.2) is 37.9 Å². The second-order valence-corrected chi connectivity index (χ2v) is 15.7. The van der Waals surface area contributed by atoms with Gasteiger partial charge in [0.05, 0.1) is 6.61 Å². The fourth-order valence-corrected chi connectivity index (χ4v) is 6.59. The van der Waals surface area contributed by atoms with Gasteiger partial charge in [0.15, 0.2) is 6.10 Å². The van der Waals surface area contributed by atoms with Crippen LogP contribution in [-0.2, 0) is 23.8 Å². The van der Waals surface area contributed by atoms with Crippen molar-refractivity contribution in [2.24, 2.45) is 0 Å².